The zero-order valence-electron chi connectivity index (χ0n) is 6.39. The van der Waals surface area contributed by atoms with Crippen LogP contribution in [-0.2, 0) is 7.05 Å². The van der Waals surface area contributed by atoms with Crippen LogP contribution in [0, 0.1) is 0 Å². The summed E-state index contributed by atoms with van der Waals surface area (Å²) in [5.41, 5.74) is 0. The van der Waals surface area contributed by atoms with Crippen LogP contribution in [0.1, 0.15) is 4.11 Å². The average molecular weight is 85.1 g/mol. The van der Waals surface area contributed by atoms with Gasteiger partial charge < -0.3 is 4.57 Å². The molecule has 0 N–H and O–H groups in total. The summed E-state index contributed by atoms with van der Waals surface area (Å²) >= 11 is 0. The first-order valence-corrected chi connectivity index (χ1v) is 1.59. The molecule has 0 aromatic carbocycles. The van der Waals surface area contributed by atoms with Gasteiger partial charge in [0.25, 0.3) is 0 Å². The van der Waals surface area contributed by atoms with Crippen LogP contribution in [0.2, 0.25) is 0 Å². The molecule has 0 spiro atoms. The van der Waals surface area contributed by atoms with E-state index in [0.717, 1.165) is 0 Å². The third-order valence-corrected chi connectivity index (χ3v) is 0.474. The van der Waals surface area contributed by atoms with E-state index in [-0.39, 0.29) is 18.6 Å². The first-order valence-electron chi connectivity index (χ1n) is 3.09. The van der Waals surface area contributed by atoms with Gasteiger partial charge in [0.2, 0.25) is 0 Å². The first kappa shape index (κ1) is 1.37. The summed E-state index contributed by atoms with van der Waals surface area (Å²) in [6.07, 6.45) is -0.187. The van der Waals surface area contributed by atoms with Crippen molar-refractivity contribution in [1.29, 1.82) is 0 Å². The Hall–Kier alpha value is -0.790. The van der Waals surface area contributed by atoms with Gasteiger partial charge in [0.15, 0.2) is 0 Å². The Labute approximate surface area is 40.7 Å². The van der Waals surface area contributed by atoms with Crippen LogP contribution < -0.4 is 0 Å². The van der Waals surface area contributed by atoms with Crippen LogP contribution >= 0.6 is 0 Å². The second-order valence-electron chi connectivity index (χ2n) is 0.994. The maximum atomic E-state index is 7.06. The minimum absolute atomic E-state index is 0.0139. The van der Waals surface area contributed by atoms with Crippen LogP contribution in [0.4, 0.5) is 0 Å². The van der Waals surface area contributed by atoms with E-state index in [9.17, 15) is 0 Å². The van der Waals surface area contributed by atoms with Crippen molar-refractivity contribution >= 4 is 0 Å². The highest BCUT2D eigenvalue weighted by Crippen LogP contribution is 1.73. The second kappa shape index (κ2) is 1.12. The molecule has 2 nitrogen and oxygen atoms in total. The Morgan fingerprint density at radius 1 is 2.00 bits per heavy atom. The zero-order valence-corrected chi connectivity index (χ0v) is 3.39. The highest BCUT2D eigenvalue weighted by atomic mass is 15.0. The third-order valence-electron chi connectivity index (χ3n) is 0.474. The number of hydrogen-bond acceptors (Lipinski definition) is 1. The molecule has 0 aliphatic heterocycles. The van der Waals surface area contributed by atoms with Gasteiger partial charge in [0.1, 0.15) is 1.37 Å². The van der Waals surface area contributed by atoms with Gasteiger partial charge in [0, 0.05) is 19.4 Å². The Balaban J connectivity index is 3.29. The van der Waals surface area contributed by atoms with E-state index < -0.39 is 0 Å². The standard InChI is InChI=1S/C4H6N2/c1-6-3-2-5-4-6/h2-4H,1H3/i2D,3D,4D. The molecule has 6 heavy (non-hydrogen) atoms. The summed E-state index contributed by atoms with van der Waals surface area (Å²) in [5, 5.41) is 0. The van der Waals surface area contributed by atoms with Crippen LogP contribution in [0.15, 0.2) is 18.6 Å². The molecule has 1 aromatic heterocycles. The van der Waals surface area contributed by atoms with E-state index in [1.54, 1.807) is 0 Å². The van der Waals surface area contributed by atoms with Crippen LogP contribution in [0.5, 0.6) is 0 Å². The molecular weight excluding hydrogens is 76.1 g/mol. The number of rotatable bonds is 0. The first-order chi connectivity index (χ1) is 4.13. The van der Waals surface area contributed by atoms with Crippen LogP contribution in [0.25, 0.3) is 0 Å². The van der Waals surface area contributed by atoms with Gasteiger partial charge in [-0.15, -0.1) is 0 Å². The quantitative estimate of drug-likeness (QED) is 0.446. The monoisotopic (exact) mass is 85.1 g/mol. The Morgan fingerprint density at radius 2 is 2.83 bits per heavy atom. The van der Waals surface area contributed by atoms with Gasteiger partial charge in [-0.25, -0.2) is 4.98 Å². The molecule has 0 amide bonds. The molecule has 1 aromatic rings. The summed E-state index contributed by atoms with van der Waals surface area (Å²) in [4.78, 5) is 3.42. The lowest BCUT2D eigenvalue weighted by molar-refractivity contribution is 0.913. The van der Waals surface area contributed by atoms with Gasteiger partial charge in [-0.2, -0.15) is 0 Å². The predicted molar refractivity (Wildman–Crippen MR) is 23.2 cm³/mol. The van der Waals surface area contributed by atoms with Gasteiger partial charge in [-0.05, 0) is 0 Å². The minimum atomic E-state index is -0.137. The third kappa shape index (κ3) is 0.407. The molecule has 0 aliphatic carbocycles. The van der Waals surface area contributed by atoms with E-state index in [1.165, 1.54) is 11.6 Å². The topological polar surface area (TPSA) is 17.8 Å². The van der Waals surface area contributed by atoms with Gasteiger partial charge >= 0.3 is 0 Å². The van der Waals surface area contributed by atoms with Crippen molar-refractivity contribution < 1.29 is 4.11 Å². The summed E-state index contributed by atoms with van der Waals surface area (Å²) in [6, 6.07) is 0. The fourth-order valence-electron chi connectivity index (χ4n) is 0.225. The van der Waals surface area contributed by atoms with E-state index in [4.69, 9.17) is 4.11 Å². The van der Waals surface area contributed by atoms with Crippen molar-refractivity contribution in [2.24, 2.45) is 7.05 Å². The minimum Gasteiger partial charge on any atom is -0.341 e. The zero-order chi connectivity index (χ0) is 7.02. The van der Waals surface area contributed by atoms with E-state index in [1.807, 2.05) is 0 Å². The number of aromatic nitrogens is 2. The molecule has 0 unspecified atom stereocenters. The average Bonchev–Trinajstić information content (AvgIpc) is 1.98. The smallest absolute Gasteiger partial charge is 0.104 e. The van der Waals surface area contributed by atoms with Crippen LogP contribution in [0.3, 0.4) is 0 Å². The molecule has 0 aliphatic rings. The van der Waals surface area contributed by atoms with Gasteiger partial charge in [0.05, 0.1) is 9.04 Å². The maximum absolute atomic E-state index is 7.06. The fraction of sp³-hybridized carbons (Fsp3) is 0.250. The lowest BCUT2D eigenvalue weighted by Gasteiger charge is -1.76. The highest BCUT2D eigenvalue weighted by molar-refractivity contribution is 4.70. The maximum Gasteiger partial charge on any atom is 0.104 e. The van der Waals surface area contributed by atoms with Crippen molar-refractivity contribution in [1.82, 2.24) is 9.55 Å². The Bertz CT molecular complexity index is 207. The highest BCUT2D eigenvalue weighted by Gasteiger charge is 1.69. The van der Waals surface area contributed by atoms with Crippen molar-refractivity contribution in [2.45, 2.75) is 0 Å². The Morgan fingerprint density at radius 3 is 3.00 bits per heavy atom. The van der Waals surface area contributed by atoms with E-state index >= 15 is 0 Å². The molecule has 2 heteroatoms. The summed E-state index contributed by atoms with van der Waals surface area (Å²) in [7, 11) is 1.54. The van der Waals surface area contributed by atoms with Crippen molar-refractivity contribution in [3.8, 4) is 0 Å². The van der Waals surface area contributed by atoms with Crippen molar-refractivity contribution in [3.05, 3.63) is 18.6 Å². The largest absolute Gasteiger partial charge is 0.341 e. The molecule has 0 atom stereocenters. The number of hydrogen-bond donors (Lipinski definition) is 0. The summed E-state index contributed by atoms with van der Waals surface area (Å²) < 4.78 is 22.2. The van der Waals surface area contributed by atoms with Crippen molar-refractivity contribution in [3.63, 3.8) is 0 Å². The number of imidazole rings is 1. The summed E-state index contributed by atoms with van der Waals surface area (Å²) in [5.74, 6) is 0. The predicted octanol–water partition coefficient (Wildman–Crippen LogP) is 0.420. The molecule has 32 valence electrons. The molecule has 0 fully saturated rings. The Kier molecular flexibility index (Phi) is 0.257. The normalized spacial score (nSPS) is 15.8. The molecule has 0 saturated carbocycles. The van der Waals surface area contributed by atoms with Crippen molar-refractivity contribution in [2.75, 3.05) is 0 Å². The van der Waals surface area contributed by atoms with Gasteiger partial charge in [-0.3, -0.25) is 0 Å². The molecule has 0 bridgehead atoms. The van der Waals surface area contributed by atoms with Crippen LogP contribution in [-0.4, -0.2) is 9.55 Å². The number of nitrogens with zero attached hydrogens (tertiary/aromatic N) is 2. The molecule has 0 saturated heterocycles. The second-order valence-corrected chi connectivity index (χ2v) is 0.994. The van der Waals surface area contributed by atoms with E-state index in [2.05, 4.69) is 4.98 Å². The molecule has 0 radical (unpaired) electrons. The van der Waals surface area contributed by atoms with Gasteiger partial charge in [-0.1, -0.05) is 0 Å². The SMILES string of the molecule is [2H]c1nc([2H])n(C)c1[2H]. The fourth-order valence-corrected chi connectivity index (χ4v) is 0.225. The van der Waals surface area contributed by atoms with E-state index in [0.29, 0.717) is 0 Å². The lowest BCUT2D eigenvalue weighted by atomic mass is 10.9. The molecule has 1 rings (SSSR count). The molecule has 1 heterocycles. The summed E-state index contributed by atoms with van der Waals surface area (Å²) in [6.45, 7) is 0. The lowest BCUT2D eigenvalue weighted by Crippen LogP contribution is -1.76. The molecular formula is C4H6N2.